The second-order valence-electron chi connectivity index (χ2n) is 4.88. The van der Waals surface area contributed by atoms with Crippen LogP contribution in [0.15, 0.2) is 43.0 Å². The zero-order chi connectivity index (χ0) is 14.5. The number of amides is 2. The quantitative estimate of drug-likeness (QED) is 0.773. The monoisotopic (exact) mass is 273 g/mol. The van der Waals surface area contributed by atoms with Crippen LogP contribution in [0.3, 0.4) is 0 Å². The number of cyclic esters (lactones) is 1. The zero-order valence-corrected chi connectivity index (χ0v) is 11.6. The van der Waals surface area contributed by atoms with Crippen LogP contribution in [0.1, 0.15) is 31.4 Å². The summed E-state index contributed by atoms with van der Waals surface area (Å²) in [5, 5.41) is 0. The molecule has 1 fully saturated rings. The molecular formula is C16H19NO3. The molecule has 2 rings (SSSR count). The third kappa shape index (κ3) is 2.90. The van der Waals surface area contributed by atoms with E-state index in [2.05, 4.69) is 6.58 Å². The van der Waals surface area contributed by atoms with Crippen molar-refractivity contribution < 1.29 is 14.3 Å². The van der Waals surface area contributed by atoms with Gasteiger partial charge in [0.2, 0.25) is 5.91 Å². The average Bonchev–Trinajstić information content (AvgIpc) is 2.87. The van der Waals surface area contributed by atoms with Crippen LogP contribution in [0, 0.1) is 5.92 Å². The van der Waals surface area contributed by atoms with Gasteiger partial charge in [-0.15, -0.1) is 6.58 Å². The van der Waals surface area contributed by atoms with Crippen LogP contribution in [0.5, 0.6) is 0 Å². The van der Waals surface area contributed by atoms with E-state index in [0.717, 1.165) is 12.0 Å². The molecular weight excluding hydrogens is 254 g/mol. The lowest BCUT2D eigenvalue weighted by Crippen LogP contribution is -2.35. The van der Waals surface area contributed by atoms with E-state index in [9.17, 15) is 9.59 Å². The molecule has 0 saturated carbocycles. The maximum absolute atomic E-state index is 12.3. The normalized spacial score (nSPS) is 19.6. The smallest absolute Gasteiger partial charge is 0.417 e. The van der Waals surface area contributed by atoms with Crippen LogP contribution in [-0.4, -0.2) is 23.5 Å². The second kappa shape index (κ2) is 6.37. The lowest BCUT2D eigenvalue weighted by atomic mass is 10.0. The third-order valence-electron chi connectivity index (χ3n) is 3.62. The van der Waals surface area contributed by atoms with Crippen molar-refractivity contribution >= 4 is 12.0 Å². The molecule has 0 bridgehead atoms. The van der Waals surface area contributed by atoms with Crippen molar-refractivity contribution in [1.29, 1.82) is 0 Å². The number of nitrogens with zero attached hydrogens (tertiary/aromatic N) is 1. The lowest BCUT2D eigenvalue weighted by molar-refractivity contribution is -0.130. The molecule has 0 aromatic heterocycles. The summed E-state index contributed by atoms with van der Waals surface area (Å²) < 4.78 is 5.04. The number of carbonyl (C=O) groups excluding carboxylic acids is 2. The summed E-state index contributed by atoms with van der Waals surface area (Å²) in [4.78, 5) is 25.4. The fourth-order valence-corrected chi connectivity index (χ4v) is 2.33. The lowest BCUT2D eigenvalue weighted by Gasteiger charge is -2.21. The minimum Gasteiger partial charge on any atom is -0.446 e. The van der Waals surface area contributed by atoms with E-state index in [4.69, 9.17) is 4.74 Å². The van der Waals surface area contributed by atoms with E-state index in [1.54, 1.807) is 6.08 Å². The largest absolute Gasteiger partial charge is 0.446 e. The number of imide groups is 1. The van der Waals surface area contributed by atoms with Gasteiger partial charge in [-0.2, -0.15) is 0 Å². The standard InChI is InChI=1S/C16H19NO3/c1-3-12(4-2)10-15(18)17-14(11-20-16(17)19)13-8-6-5-7-9-13/h3,5-9,12,14H,1,4,10-11H2,2H3/t12-,14+/m0/s1. The second-order valence-corrected chi connectivity index (χ2v) is 4.88. The van der Waals surface area contributed by atoms with Gasteiger partial charge in [-0.1, -0.05) is 43.3 Å². The van der Waals surface area contributed by atoms with Gasteiger partial charge in [-0.25, -0.2) is 9.69 Å². The van der Waals surface area contributed by atoms with Gasteiger partial charge in [0.15, 0.2) is 0 Å². The van der Waals surface area contributed by atoms with E-state index >= 15 is 0 Å². The van der Waals surface area contributed by atoms with Crippen LogP contribution in [0.2, 0.25) is 0 Å². The highest BCUT2D eigenvalue weighted by Crippen LogP contribution is 2.29. The fraction of sp³-hybridized carbons (Fsp3) is 0.375. The van der Waals surface area contributed by atoms with E-state index in [-0.39, 0.29) is 24.5 Å². The number of hydrogen-bond acceptors (Lipinski definition) is 3. The molecule has 1 aromatic carbocycles. The van der Waals surface area contributed by atoms with Crippen LogP contribution in [-0.2, 0) is 9.53 Å². The Morgan fingerprint density at radius 3 is 2.80 bits per heavy atom. The Bertz CT molecular complexity index is 498. The van der Waals surface area contributed by atoms with Gasteiger partial charge in [0, 0.05) is 6.42 Å². The molecule has 2 amide bonds. The summed E-state index contributed by atoms with van der Waals surface area (Å²) in [6, 6.07) is 9.16. The molecule has 0 aliphatic carbocycles. The Balaban J connectivity index is 2.16. The minimum atomic E-state index is -0.553. The Morgan fingerprint density at radius 1 is 1.50 bits per heavy atom. The number of ether oxygens (including phenoxy) is 1. The Morgan fingerprint density at radius 2 is 2.20 bits per heavy atom. The van der Waals surface area contributed by atoms with E-state index < -0.39 is 6.09 Å². The van der Waals surface area contributed by atoms with Crippen molar-refractivity contribution in [1.82, 2.24) is 4.90 Å². The Hall–Kier alpha value is -2.10. The molecule has 1 aliphatic heterocycles. The molecule has 4 heteroatoms. The first kappa shape index (κ1) is 14.3. The van der Waals surface area contributed by atoms with Crippen molar-refractivity contribution in [3.8, 4) is 0 Å². The molecule has 106 valence electrons. The van der Waals surface area contributed by atoms with Gasteiger partial charge < -0.3 is 4.74 Å². The van der Waals surface area contributed by atoms with Crippen LogP contribution in [0.25, 0.3) is 0 Å². The first-order valence-corrected chi connectivity index (χ1v) is 6.83. The molecule has 0 spiro atoms. The van der Waals surface area contributed by atoms with Gasteiger partial charge in [-0.05, 0) is 17.9 Å². The summed E-state index contributed by atoms with van der Waals surface area (Å²) in [6.45, 7) is 5.94. The van der Waals surface area contributed by atoms with Crippen molar-refractivity contribution in [2.24, 2.45) is 5.92 Å². The van der Waals surface area contributed by atoms with E-state index in [0.29, 0.717) is 6.42 Å². The molecule has 20 heavy (non-hydrogen) atoms. The Kier molecular flexibility index (Phi) is 4.56. The summed E-state index contributed by atoms with van der Waals surface area (Å²) in [5.41, 5.74) is 0.915. The summed E-state index contributed by atoms with van der Waals surface area (Å²) in [6.07, 6.45) is 2.33. The molecule has 1 saturated heterocycles. The molecule has 0 N–H and O–H groups in total. The first-order valence-electron chi connectivity index (χ1n) is 6.83. The van der Waals surface area contributed by atoms with Gasteiger partial charge in [0.05, 0.1) is 0 Å². The average molecular weight is 273 g/mol. The van der Waals surface area contributed by atoms with Gasteiger partial charge in [-0.3, -0.25) is 4.79 Å². The van der Waals surface area contributed by atoms with Crippen molar-refractivity contribution in [3.05, 3.63) is 48.6 Å². The highest BCUT2D eigenvalue weighted by atomic mass is 16.6. The molecule has 2 atom stereocenters. The van der Waals surface area contributed by atoms with Gasteiger partial charge >= 0.3 is 6.09 Å². The number of hydrogen-bond donors (Lipinski definition) is 0. The summed E-state index contributed by atoms with van der Waals surface area (Å²) in [5.74, 6) is -0.111. The predicted octanol–water partition coefficient (Wildman–Crippen LogP) is 3.31. The van der Waals surface area contributed by atoms with E-state index in [1.165, 1.54) is 4.90 Å². The molecule has 0 unspecified atom stereocenters. The molecule has 1 heterocycles. The summed E-state index contributed by atoms with van der Waals surface area (Å²) >= 11 is 0. The van der Waals surface area contributed by atoms with Gasteiger partial charge in [0.25, 0.3) is 0 Å². The summed E-state index contributed by atoms with van der Waals surface area (Å²) in [7, 11) is 0. The van der Waals surface area contributed by atoms with Crippen LogP contribution < -0.4 is 0 Å². The minimum absolute atomic E-state index is 0.0901. The fourth-order valence-electron chi connectivity index (χ4n) is 2.33. The number of carbonyl (C=O) groups is 2. The number of rotatable bonds is 5. The highest BCUT2D eigenvalue weighted by molar-refractivity contribution is 5.93. The molecule has 1 aromatic rings. The molecule has 1 aliphatic rings. The maximum Gasteiger partial charge on any atom is 0.417 e. The van der Waals surface area contributed by atoms with Crippen LogP contribution in [0.4, 0.5) is 4.79 Å². The van der Waals surface area contributed by atoms with Crippen molar-refractivity contribution in [2.45, 2.75) is 25.8 Å². The maximum atomic E-state index is 12.3. The predicted molar refractivity (Wildman–Crippen MR) is 76.0 cm³/mol. The van der Waals surface area contributed by atoms with Crippen LogP contribution >= 0.6 is 0 Å². The topological polar surface area (TPSA) is 46.6 Å². The van der Waals surface area contributed by atoms with Crippen molar-refractivity contribution in [2.75, 3.05) is 6.61 Å². The Labute approximate surface area is 119 Å². The first-order chi connectivity index (χ1) is 9.67. The SMILES string of the molecule is C=C[C@@H](CC)CC(=O)N1C(=O)OC[C@@H]1c1ccccc1. The molecule has 0 radical (unpaired) electrons. The highest BCUT2D eigenvalue weighted by Gasteiger charge is 2.38. The van der Waals surface area contributed by atoms with Crippen molar-refractivity contribution in [3.63, 3.8) is 0 Å². The number of benzene rings is 1. The third-order valence-corrected chi connectivity index (χ3v) is 3.62. The van der Waals surface area contributed by atoms with E-state index in [1.807, 2.05) is 37.3 Å². The van der Waals surface area contributed by atoms with Gasteiger partial charge in [0.1, 0.15) is 12.6 Å². The zero-order valence-electron chi connectivity index (χ0n) is 11.6. The number of allylic oxidation sites excluding steroid dienone is 1. The molecule has 4 nitrogen and oxygen atoms in total.